The third kappa shape index (κ3) is 2.31. The Balaban J connectivity index is 1.96. The van der Waals surface area contributed by atoms with Gasteiger partial charge in [0, 0.05) is 6.04 Å². The second kappa shape index (κ2) is 5.34. The van der Waals surface area contributed by atoms with Crippen LogP contribution in [0.2, 0.25) is 0 Å². The third-order valence-electron chi connectivity index (χ3n) is 4.83. The van der Waals surface area contributed by atoms with Crippen molar-refractivity contribution in [3.05, 3.63) is 29.8 Å². The van der Waals surface area contributed by atoms with Crippen molar-refractivity contribution in [1.29, 1.82) is 0 Å². The number of rotatable bonds is 5. The highest BCUT2D eigenvalue weighted by molar-refractivity contribution is 5.92. The van der Waals surface area contributed by atoms with Crippen LogP contribution < -0.4 is 10.1 Å². The molecule has 1 saturated carbocycles. The summed E-state index contributed by atoms with van der Waals surface area (Å²) in [5.41, 5.74) is 0.828. The molecule has 1 aromatic rings. The number of methoxy groups -OCH3 is 1. The molecule has 1 aliphatic heterocycles. The van der Waals surface area contributed by atoms with Crippen molar-refractivity contribution in [2.45, 2.75) is 57.3 Å². The lowest BCUT2D eigenvalue weighted by molar-refractivity contribution is -0.133. The summed E-state index contributed by atoms with van der Waals surface area (Å²) in [4.78, 5) is 14.9. The second-order valence-corrected chi connectivity index (χ2v) is 6.09. The molecule has 3 rings (SSSR count). The van der Waals surface area contributed by atoms with Gasteiger partial charge in [0.2, 0.25) is 5.91 Å². The SMILES string of the molecule is CCC(CC)N1C(=O)C2(CC2)NC1c1cccc(OC)c1. The molecule has 1 atom stereocenters. The van der Waals surface area contributed by atoms with Crippen LogP contribution in [-0.2, 0) is 4.79 Å². The molecule has 0 radical (unpaired) electrons. The minimum atomic E-state index is -0.281. The Bertz CT molecular complexity index is 535. The highest BCUT2D eigenvalue weighted by atomic mass is 16.5. The summed E-state index contributed by atoms with van der Waals surface area (Å²) in [5.74, 6) is 1.12. The van der Waals surface area contributed by atoms with E-state index >= 15 is 0 Å². The number of benzene rings is 1. The maximum Gasteiger partial charge on any atom is 0.244 e. The van der Waals surface area contributed by atoms with Crippen molar-refractivity contribution in [2.75, 3.05) is 7.11 Å². The molecule has 1 aliphatic carbocycles. The molecule has 4 heteroatoms. The zero-order valence-corrected chi connectivity index (χ0v) is 13.1. The van der Waals surface area contributed by atoms with Crippen molar-refractivity contribution >= 4 is 5.91 Å². The molecule has 0 aromatic heterocycles. The number of ether oxygens (including phenoxy) is 1. The van der Waals surface area contributed by atoms with Crippen LogP contribution in [0.5, 0.6) is 5.75 Å². The maximum absolute atomic E-state index is 12.8. The Morgan fingerprint density at radius 3 is 2.67 bits per heavy atom. The van der Waals surface area contributed by atoms with E-state index in [-0.39, 0.29) is 17.6 Å². The number of nitrogens with one attached hydrogen (secondary N) is 1. The van der Waals surface area contributed by atoms with Crippen LogP contribution in [0, 0.1) is 0 Å². The lowest BCUT2D eigenvalue weighted by atomic mass is 10.1. The molecular weight excluding hydrogens is 264 g/mol. The van der Waals surface area contributed by atoms with Crippen LogP contribution in [-0.4, -0.2) is 29.5 Å². The van der Waals surface area contributed by atoms with Gasteiger partial charge in [-0.25, -0.2) is 0 Å². The number of hydrogen-bond acceptors (Lipinski definition) is 3. The van der Waals surface area contributed by atoms with E-state index in [0.717, 1.165) is 37.0 Å². The maximum atomic E-state index is 12.8. The second-order valence-electron chi connectivity index (χ2n) is 6.09. The fraction of sp³-hybridized carbons (Fsp3) is 0.588. The number of nitrogens with zero attached hydrogens (tertiary/aromatic N) is 1. The zero-order chi connectivity index (χ0) is 15.0. The average Bonchev–Trinajstić information content (AvgIpc) is 3.25. The van der Waals surface area contributed by atoms with Crippen LogP contribution in [0.4, 0.5) is 0 Å². The molecule has 2 fully saturated rings. The molecule has 1 spiro atoms. The van der Waals surface area contributed by atoms with Crippen molar-refractivity contribution in [1.82, 2.24) is 10.2 Å². The first-order valence-corrected chi connectivity index (χ1v) is 7.89. The summed E-state index contributed by atoms with van der Waals surface area (Å²) >= 11 is 0. The van der Waals surface area contributed by atoms with Gasteiger partial charge < -0.3 is 9.64 Å². The molecule has 21 heavy (non-hydrogen) atoms. The molecule has 1 N–H and O–H groups in total. The lowest BCUT2D eigenvalue weighted by Crippen LogP contribution is -2.39. The van der Waals surface area contributed by atoms with Gasteiger partial charge in [-0.05, 0) is 43.4 Å². The van der Waals surface area contributed by atoms with Gasteiger partial charge in [-0.1, -0.05) is 26.0 Å². The van der Waals surface area contributed by atoms with E-state index in [1.54, 1.807) is 7.11 Å². The summed E-state index contributed by atoms with van der Waals surface area (Å²) in [6, 6.07) is 8.32. The number of carbonyl (C=O) groups is 1. The molecule has 1 amide bonds. The molecule has 4 nitrogen and oxygen atoms in total. The Labute approximate surface area is 126 Å². The van der Waals surface area contributed by atoms with Gasteiger partial charge in [-0.15, -0.1) is 0 Å². The van der Waals surface area contributed by atoms with Gasteiger partial charge >= 0.3 is 0 Å². The molecule has 1 unspecified atom stereocenters. The zero-order valence-electron chi connectivity index (χ0n) is 13.1. The molecule has 1 saturated heterocycles. The Morgan fingerprint density at radius 2 is 2.10 bits per heavy atom. The van der Waals surface area contributed by atoms with Gasteiger partial charge in [0.1, 0.15) is 17.5 Å². The number of amides is 1. The first-order chi connectivity index (χ1) is 10.1. The summed E-state index contributed by atoms with van der Waals surface area (Å²) in [5, 5.41) is 3.58. The molecular formula is C17H24N2O2. The van der Waals surface area contributed by atoms with Crippen molar-refractivity contribution in [2.24, 2.45) is 0 Å². The van der Waals surface area contributed by atoms with E-state index < -0.39 is 0 Å². The van der Waals surface area contributed by atoms with Gasteiger partial charge in [-0.2, -0.15) is 0 Å². The van der Waals surface area contributed by atoms with E-state index in [4.69, 9.17) is 4.74 Å². The van der Waals surface area contributed by atoms with Crippen molar-refractivity contribution in [3.8, 4) is 5.75 Å². The molecule has 0 bridgehead atoms. The molecule has 2 aliphatic rings. The average molecular weight is 288 g/mol. The summed E-state index contributed by atoms with van der Waals surface area (Å²) in [6.07, 6.45) is 3.87. The van der Waals surface area contributed by atoms with E-state index in [0.29, 0.717) is 6.04 Å². The smallest absolute Gasteiger partial charge is 0.244 e. The summed E-state index contributed by atoms with van der Waals surface area (Å²) < 4.78 is 5.33. The van der Waals surface area contributed by atoms with Gasteiger partial charge in [0.15, 0.2) is 0 Å². The summed E-state index contributed by atoms with van der Waals surface area (Å²) in [6.45, 7) is 4.31. The topological polar surface area (TPSA) is 41.6 Å². The van der Waals surface area contributed by atoms with Crippen molar-refractivity contribution in [3.63, 3.8) is 0 Å². The molecule has 1 aromatic carbocycles. The van der Waals surface area contributed by atoms with E-state index in [1.807, 2.05) is 18.2 Å². The highest BCUT2D eigenvalue weighted by Gasteiger charge is 2.60. The Morgan fingerprint density at radius 1 is 1.38 bits per heavy atom. The third-order valence-corrected chi connectivity index (χ3v) is 4.83. The van der Waals surface area contributed by atoms with Crippen LogP contribution >= 0.6 is 0 Å². The quantitative estimate of drug-likeness (QED) is 0.906. The molecule has 114 valence electrons. The van der Waals surface area contributed by atoms with Crippen LogP contribution in [0.1, 0.15) is 51.3 Å². The minimum Gasteiger partial charge on any atom is -0.497 e. The van der Waals surface area contributed by atoms with E-state index in [2.05, 4.69) is 30.1 Å². The van der Waals surface area contributed by atoms with Gasteiger partial charge in [0.05, 0.1) is 7.11 Å². The largest absolute Gasteiger partial charge is 0.497 e. The predicted molar refractivity (Wildman–Crippen MR) is 82.1 cm³/mol. The fourth-order valence-corrected chi connectivity index (χ4v) is 3.35. The number of carbonyl (C=O) groups excluding carboxylic acids is 1. The standard InChI is InChI=1S/C17H24N2O2/c1-4-13(5-2)19-15(18-17(9-10-17)16(19)20)12-7-6-8-14(11-12)21-3/h6-8,11,13,15,18H,4-5,9-10H2,1-3H3. The minimum absolute atomic E-state index is 0.0278. The number of hydrogen-bond donors (Lipinski definition) is 1. The fourth-order valence-electron chi connectivity index (χ4n) is 3.35. The van der Waals surface area contributed by atoms with E-state index in [1.165, 1.54) is 0 Å². The van der Waals surface area contributed by atoms with Crippen LogP contribution in [0.3, 0.4) is 0 Å². The normalized spacial score (nSPS) is 23.1. The summed E-state index contributed by atoms with van der Waals surface area (Å²) in [7, 11) is 1.67. The lowest BCUT2D eigenvalue weighted by Gasteiger charge is -2.32. The van der Waals surface area contributed by atoms with Crippen LogP contribution in [0.15, 0.2) is 24.3 Å². The highest BCUT2D eigenvalue weighted by Crippen LogP contribution is 2.47. The first-order valence-electron chi connectivity index (χ1n) is 7.89. The molecule has 1 heterocycles. The predicted octanol–water partition coefficient (Wildman–Crippen LogP) is 2.85. The first kappa shape index (κ1) is 14.4. The van der Waals surface area contributed by atoms with Gasteiger partial charge in [-0.3, -0.25) is 10.1 Å². The Kier molecular flexibility index (Phi) is 3.66. The monoisotopic (exact) mass is 288 g/mol. The van der Waals surface area contributed by atoms with Crippen LogP contribution in [0.25, 0.3) is 0 Å². The van der Waals surface area contributed by atoms with E-state index in [9.17, 15) is 4.79 Å². The van der Waals surface area contributed by atoms with Gasteiger partial charge in [0.25, 0.3) is 0 Å². The van der Waals surface area contributed by atoms with Crippen molar-refractivity contribution < 1.29 is 9.53 Å². The Hall–Kier alpha value is -1.55.